The van der Waals surface area contributed by atoms with Gasteiger partial charge in [-0.2, -0.15) is 0 Å². The second kappa shape index (κ2) is 7.60. The molecule has 0 radical (unpaired) electrons. The fourth-order valence-electron chi connectivity index (χ4n) is 2.17. The minimum Gasteiger partial charge on any atom is -0.480 e. The summed E-state index contributed by atoms with van der Waals surface area (Å²) in [5.41, 5.74) is 0.798. The maximum absolute atomic E-state index is 12.2. The Hall–Kier alpha value is -1.35. The van der Waals surface area contributed by atoms with Crippen molar-refractivity contribution in [3.8, 4) is 0 Å². The highest BCUT2D eigenvalue weighted by atomic mass is 127. The molecule has 114 valence electrons. The predicted octanol–water partition coefficient (Wildman–Crippen LogP) is 2.39. The number of amides is 2. The number of nitrogens with zero attached hydrogens (tertiary/aromatic N) is 1. The van der Waals surface area contributed by atoms with Crippen molar-refractivity contribution in [2.45, 2.75) is 18.9 Å². The van der Waals surface area contributed by atoms with E-state index in [1.807, 2.05) is 24.3 Å². The summed E-state index contributed by atoms with van der Waals surface area (Å²) in [7, 11) is 0. The van der Waals surface area contributed by atoms with E-state index < -0.39 is 5.97 Å². The van der Waals surface area contributed by atoms with Gasteiger partial charge in [0.1, 0.15) is 6.61 Å². The number of carbonyl (C=O) groups is 2. The number of benzene rings is 1. The molecule has 21 heavy (non-hydrogen) atoms. The Kier molecular flexibility index (Phi) is 5.80. The molecule has 0 aromatic heterocycles. The molecule has 1 aliphatic heterocycles. The summed E-state index contributed by atoms with van der Waals surface area (Å²) in [6.45, 7) is 0.859. The maximum Gasteiger partial charge on any atom is 0.329 e. The zero-order valence-corrected chi connectivity index (χ0v) is 13.6. The molecule has 1 aliphatic rings. The van der Waals surface area contributed by atoms with E-state index in [-0.39, 0.29) is 18.7 Å². The van der Waals surface area contributed by atoms with Crippen LogP contribution in [0.4, 0.5) is 10.5 Å². The van der Waals surface area contributed by atoms with Crippen LogP contribution in [0, 0.1) is 3.57 Å². The Bertz CT molecular complexity index is 515. The molecular weight excluding hydrogens is 387 g/mol. The van der Waals surface area contributed by atoms with E-state index >= 15 is 0 Å². The number of rotatable bonds is 4. The zero-order chi connectivity index (χ0) is 15.2. The summed E-state index contributed by atoms with van der Waals surface area (Å²) >= 11 is 2.18. The van der Waals surface area contributed by atoms with Crippen LogP contribution in [0.15, 0.2) is 24.3 Å². The molecule has 2 N–H and O–H groups in total. The maximum atomic E-state index is 12.2. The Labute approximate surface area is 136 Å². The number of para-hydroxylation sites is 1. The number of hydrogen-bond acceptors (Lipinski definition) is 3. The van der Waals surface area contributed by atoms with Crippen molar-refractivity contribution in [3.05, 3.63) is 27.8 Å². The van der Waals surface area contributed by atoms with E-state index in [4.69, 9.17) is 9.84 Å². The molecule has 6 nitrogen and oxygen atoms in total. The lowest BCUT2D eigenvalue weighted by Crippen LogP contribution is -2.43. The molecule has 0 aliphatic carbocycles. The highest BCUT2D eigenvalue weighted by molar-refractivity contribution is 14.1. The van der Waals surface area contributed by atoms with E-state index in [0.29, 0.717) is 25.9 Å². The molecule has 2 amide bonds. The summed E-state index contributed by atoms with van der Waals surface area (Å²) in [5.74, 6) is -0.964. The second-order valence-corrected chi connectivity index (χ2v) is 5.96. The predicted molar refractivity (Wildman–Crippen MR) is 86.4 cm³/mol. The van der Waals surface area contributed by atoms with Crippen LogP contribution in [-0.2, 0) is 9.53 Å². The smallest absolute Gasteiger partial charge is 0.329 e. The largest absolute Gasteiger partial charge is 0.480 e. The number of hydrogen-bond donors (Lipinski definition) is 2. The fraction of sp³-hybridized carbons (Fsp3) is 0.429. The molecule has 0 bridgehead atoms. The first-order chi connectivity index (χ1) is 10.1. The van der Waals surface area contributed by atoms with Gasteiger partial charge in [-0.1, -0.05) is 12.1 Å². The Balaban J connectivity index is 1.81. The van der Waals surface area contributed by atoms with E-state index in [1.165, 1.54) is 0 Å². The van der Waals surface area contributed by atoms with E-state index in [2.05, 4.69) is 27.9 Å². The summed E-state index contributed by atoms with van der Waals surface area (Å²) < 4.78 is 6.24. The number of likely N-dealkylation sites (tertiary alicyclic amines) is 1. The second-order valence-electron chi connectivity index (χ2n) is 4.80. The number of aliphatic carboxylic acids is 1. The van der Waals surface area contributed by atoms with Gasteiger partial charge < -0.3 is 20.1 Å². The number of urea groups is 1. The molecule has 1 aromatic carbocycles. The third-order valence-corrected chi connectivity index (χ3v) is 4.23. The average Bonchev–Trinajstić information content (AvgIpc) is 2.48. The molecular formula is C14H17IN2O4. The number of anilines is 1. The number of nitrogens with one attached hydrogen (secondary N) is 1. The molecule has 0 atom stereocenters. The van der Waals surface area contributed by atoms with Crippen molar-refractivity contribution in [2.24, 2.45) is 0 Å². The molecule has 0 spiro atoms. The van der Waals surface area contributed by atoms with Crippen LogP contribution in [0.5, 0.6) is 0 Å². The summed E-state index contributed by atoms with van der Waals surface area (Å²) in [5, 5.41) is 11.5. The van der Waals surface area contributed by atoms with E-state index in [0.717, 1.165) is 9.26 Å². The zero-order valence-electron chi connectivity index (χ0n) is 11.4. The SMILES string of the molecule is O=C(O)COC1CCN(C(=O)Nc2ccccc2I)CC1. The van der Waals surface area contributed by atoms with Gasteiger partial charge in [-0.15, -0.1) is 0 Å². The fourth-order valence-corrected chi connectivity index (χ4v) is 2.69. The first-order valence-electron chi connectivity index (χ1n) is 6.70. The van der Waals surface area contributed by atoms with Crippen molar-refractivity contribution >= 4 is 40.3 Å². The van der Waals surface area contributed by atoms with Crippen LogP contribution in [-0.4, -0.2) is 47.8 Å². The molecule has 1 heterocycles. The standard InChI is InChI=1S/C14H17IN2O4/c15-11-3-1-2-4-12(11)16-14(20)17-7-5-10(6-8-17)21-9-13(18)19/h1-4,10H,5-9H2,(H,16,20)(H,18,19). The molecule has 7 heteroatoms. The number of ether oxygens (including phenoxy) is 1. The van der Waals surface area contributed by atoms with Crippen molar-refractivity contribution in [3.63, 3.8) is 0 Å². The van der Waals surface area contributed by atoms with Crippen molar-refractivity contribution in [1.29, 1.82) is 0 Å². The van der Waals surface area contributed by atoms with Gasteiger partial charge in [-0.25, -0.2) is 9.59 Å². The van der Waals surface area contributed by atoms with Gasteiger partial charge in [0, 0.05) is 16.7 Å². The highest BCUT2D eigenvalue weighted by Gasteiger charge is 2.24. The van der Waals surface area contributed by atoms with E-state index in [1.54, 1.807) is 4.90 Å². The highest BCUT2D eigenvalue weighted by Crippen LogP contribution is 2.19. The van der Waals surface area contributed by atoms with Crippen LogP contribution >= 0.6 is 22.6 Å². The van der Waals surface area contributed by atoms with Crippen LogP contribution in [0.2, 0.25) is 0 Å². The van der Waals surface area contributed by atoms with Gasteiger partial charge in [0.25, 0.3) is 0 Å². The van der Waals surface area contributed by atoms with Crippen molar-refractivity contribution < 1.29 is 19.4 Å². The first-order valence-corrected chi connectivity index (χ1v) is 7.78. The van der Waals surface area contributed by atoms with E-state index in [9.17, 15) is 9.59 Å². The quantitative estimate of drug-likeness (QED) is 0.756. The number of carboxylic acid groups (broad SMARTS) is 1. The Morgan fingerprint density at radius 3 is 2.62 bits per heavy atom. The molecule has 1 saturated heterocycles. The molecule has 0 saturated carbocycles. The first kappa shape index (κ1) is 16.0. The number of piperidine rings is 1. The van der Waals surface area contributed by atoms with Crippen molar-refractivity contribution in [2.75, 3.05) is 25.0 Å². The molecule has 0 unspecified atom stereocenters. The van der Waals surface area contributed by atoms with Crippen LogP contribution < -0.4 is 5.32 Å². The third-order valence-electron chi connectivity index (χ3n) is 3.29. The molecule has 2 rings (SSSR count). The Morgan fingerprint density at radius 1 is 1.33 bits per heavy atom. The van der Waals surface area contributed by atoms with Gasteiger partial charge in [-0.3, -0.25) is 0 Å². The topological polar surface area (TPSA) is 78.9 Å². The van der Waals surface area contributed by atoms with Gasteiger partial charge in [0.05, 0.1) is 11.8 Å². The minimum atomic E-state index is -0.964. The van der Waals surface area contributed by atoms with Crippen molar-refractivity contribution in [1.82, 2.24) is 4.90 Å². The average molecular weight is 404 g/mol. The lowest BCUT2D eigenvalue weighted by atomic mass is 10.1. The van der Waals surface area contributed by atoms with Gasteiger partial charge in [0.15, 0.2) is 0 Å². The monoisotopic (exact) mass is 404 g/mol. The molecule has 1 fully saturated rings. The Morgan fingerprint density at radius 2 is 2.00 bits per heavy atom. The lowest BCUT2D eigenvalue weighted by molar-refractivity contribution is -0.145. The van der Waals surface area contributed by atoms with Gasteiger partial charge in [-0.05, 0) is 47.6 Å². The van der Waals surface area contributed by atoms with Gasteiger partial charge >= 0.3 is 12.0 Å². The number of carbonyl (C=O) groups excluding carboxylic acids is 1. The van der Waals surface area contributed by atoms with Crippen LogP contribution in [0.3, 0.4) is 0 Å². The summed E-state index contributed by atoms with van der Waals surface area (Å²) in [6, 6.07) is 7.47. The number of carboxylic acids is 1. The summed E-state index contributed by atoms with van der Waals surface area (Å²) in [4.78, 5) is 24.3. The number of halogens is 1. The molecule has 1 aromatic rings. The minimum absolute atomic E-state index is 0.0815. The summed E-state index contributed by atoms with van der Waals surface area (Å²) in [6.07, 6.45) is 1.24. The third kappa shape index (κ3) is 4.85. The lowest BCUT2D eigenvalue weighted by Gasteiger charge is -2.31. The van der Waals surface area contributed by atoms with Gasteiger partial charge in [0.2, 0.25) is 0 Å². The van der Waals surface area contributed by atoms with Crippen LogP contribution in [0.1, 0.15) is 12.8 Å². The van der Waals surface area contributed by atoms with Crippen LogP contribution in [0.25, 0.3) is 0 Å². The normalized spacial score (nSPS) is 15.8.